The number of carbonyl (C=O) groups is 1. The summed E-state index contributed by atoms with van der Waals surface area (Å²) in [5.74, 6) is -0.177. The van der Waals surface area contributed by atoms with Gasteiger partial charge in [-0.25, -0.2) is 4.79 Å². The Bertz CT molecular complexity index is 398. The van der Waals surface area contributed by atoms with Crippen LogP contribution in [-0.2, 0) is 9.53 Å². The lowest BCUT2D eigenvalue weighted by Crippen LogP contribution is -2.12. The van der Waals surface area contributed by atoms with Gasteiger partial charge in [-0.1, -0.05) is 35.9 Å². The first-order valence-corrected chi connectivity index (χ1v) is 5.77. The highest BCUT2D eigenvalue weighted by Crippen LogP contribution is 2.34. The van der Waals surface area contributed by atoms with Crippen molar-refractivity contribution in [2.75, 3.05) is 6.61 Å². The fraction of sp³-hybridized carbons (Fsp3) is 0.357. The molecule has 1 aliphatic carbocycles. The van der Waals surface area contributed by atoms with Crippen LogP contribution < -0.4 is 0 Å². The molecule has 0 saturated heterocycles. The first-order valence-electron chi connectivity index (χ1n) is 5.77. The highest BCUT2D eigenvalue weighted by molar-refractivity contribution is 6.17. The summed E-state index contributed by atoms with van der Waals surface area (Å²) in [6.07, 6.45) is 3.25. The Morgan fingerprint density at radius 3 is 2.44 bits per heavy atom. The van der Waals surface area contributed by atoms with Crippen molar-refractivity contribution in [2.45, 2.75) is 26.2 Å². The third-order valence-electron chi connectivity index (χ3n) is 2.85. The standard InChI is InChI=1S/C14H16O2/c1-2-16-14(15)13(12-9-6-10-12)11-7-4-3-5-8-11/h3-5,7-8H,2,6,9-10H2,1H3. The summed E-state index contributed by atoms with van der Waals surface area (Å²) >= 11 is 0. The summed E-state index contributed by atoms with van der Waals surface area (Å²) in [6, 6.07) is 9.80. The largest absolute Gasteiger partial charge is 0.462 e. The lowest BCUT2D eigenvalue weighted by atomic mass is 9.85. The van der Waals surface area contributed by atoms with Crippen LogP contribution in [0, 0.1) is 0 Å². The van der Waals surface area contributed by atoms with E-state index in [2.05, 4.69) is 0 Å². The van der Waals surface area contributed by atoms with Crippen LogP contribution in [-0.4, -0.2) is 12.6 Å². The van der Waals surface area contributed by atoms with E-state index in [9.17, 15) is 4.79 Å². The van der Waals surface area contributed by atoms with E-state index in [-0.39, 0.29) is 5.97 Å². The van der Waals surface area contributed by atoms with Crippen LogP contribution in [0.4, 0.5) is 0 Å². The molecule has 84 valence electrons. The molecule has 2 rings (SSSR count). The van der Waals surface area contributed by atoms with E-state index in [4.69, 9.17) is 4.74 Å². The average molecular weight is 216 g/mol. The molecule has 2 heteroatoms. The van der Waals surface area contributed by atoms with E-state index >= 15 is 0 Å². The summed E-state index contributed by atoms with van der Waals surface area (Å²) in [5.41, 5.74) is 3.01. The van der Waals surface area contributed by atoms with Gasteiger partial charge in [0.2, 0.25) is 0 Å². The molecule has 0 aromatic heterocycles. The van der Waals surface area contributed by atoms with Gasteiger partial charge >= 0.3 is 5.97 Å². The quantitative estimate of drug-likeness (QED) is 0.573. The summed E-state index contributed by atoms with van der Waals surface area (Å²) in [7, 11) is 0. The van der Waals surface area contributed by atoms with Crippen LogP contribution in [0.3, 0.4) is 0 Å². The van der Waals surface area contributed by atoms with Gasteiger partial charge in [0, 0.05) is 0 Å². The number of ether oxygens (including phenoxy) is 1. The lowest BCUT2D eigenvalue weighted by Gasteiger charge is -2.21. The Balaban J connectivity index is 2.33. The van der Waals surface area contributed by atoms with E-state index in [1.165, 1.54) is 12.0 Å². The molecule has 0 spiro atoms. The van der Waals surface area contributed by atoms with Gasteiger partial charge in [0.15, 0.2) is 0 Å². The van der Waals surface area contributed by atoms with E-state index in [1.807, 2.05) is 37.3 Å². The zero-order valence-electron chi connectivity index (χ0n) is 9.53. The van der Waals surface area contributed by atoms with Gasteiger partial charge in [-0.15, -0.1) is 0 Å². The molecular weight excluding hydrogens is 200 g/mol. The molecular formula is C14H16O2. The third kappa shape index (κ3) is 2.16. The van der Waals surface area contributed by atoms with Crippen LogP contribution >= 0.6 is 0 Å². The second kappa shape index (κ2) is 4.97. The second-order valence-electron chi connectivity index (χ2n) is 3.92. The molecule has 2 nitrogen and oxygen atoms in total. The topological polar surface area (TPSA) is 26.3 Å². The first-order chi connectivity index (χ1) is 7.83. The molecule has 0 unspecified atom stereocenters. The zero-order valence-corrected chi connectivity index (χ0v) is 9.53. The molecule has 1 saturated carbocycles. The first kappa shape index (κ1) is 10.9. The molecule has 1 aliphatic rings. The Labute approximate surface area is 95.9 Å². The predicted octanol–water partition coefficient (Wildman–Crippen LogP) is 3.19. The molecule has 1 fully saturated rings. The van der Waals surface area contributed by atoms with Crippen molar-refractivity contribution in [3.63, 3.8) is 0 Å². The minimum absolute atomic E-state index is 0.177. The van der Waals surface area contributed by atoms with Gasteiger partial charge in [0.1, 0.15) is 0 Å². The maximum Gasteiger partial charge on any atom is 0.338 e. The maximum absolute atomic E-state index is 11.9. The molecule has 0 amide bonds. The number of carbonyl (C=O) groups excluding carboxylic acids is 1. The number of benzene rings is 1. The van der Waals surface area contributed by atoms with Gasteiger partial charge in [0.25, 0.3) is 0 Å². The second-order valence-corrected chi connectivity index (χ2v) is 3.92. The Morgan fingerprint density at radius 1 is 1.25 bits per heavy atom. The van der Waals surface area contributed by atoms with Crippen LogP contribution in [0.2, 0.25) is 0 Å². The smallest absolute Gasteiger partial charge is 0.338 e. The van der Waals surface area contributed by atoms with Crippen molar-refractivity contribution in [1.29, 1.82) is 0 Å². The van der Waals surface area contributed by atoms with E-state index < -0.39 is 0 Å². The van der Waals surface area contributed by atoms with Crippen molar-refractivity contribution in [1.82, 2.24) is 0 Å². The fourth-order valence-corrected chi connectivity index (χ4v) is 1.88. The van der Waals surface area contributed by atoms with E-state index in [0.717, 1.165) is 24.0 Å². The summed E-state index contributed by atoms with van der Waals surface area (Å²) in [6.45, 7) is 2.27. The van der Waals surface area contributed by atoms with Crippen LogP contribution in [0.25, 0.3) is 5.57 Å². The van der Waals surface area contributed by atoms with Crippen LogP contribution in [0.1, 0.15) is 31.7 Å². The molecule has 0 heterocycles. The summed E-state index contributed by atoms with van der Waals surface area (Å²) in [4.78, 5) is 11.9. The van der Waals surface area contributed by atoms with Crippen LogP contribution in [0.15, 0.2) is 35.9 Å². The van der Waals surface area contributed by atoms with Gasteiger partial charge in [-0.2, -0.15) is 0 Å². The van der Waals surface area contributed by atoms with Crippen molar-refractivity contribution < 1.29 is 9.53 Å². The molecule has 1 aromatic carbocycles. The number of hydrogen-bond donors (Lipinski definition) is 0. The lowest BCUT2D eigenvalue weighted by molar-refractivity contribution is -0.136. The van der Waals surface area contributed by atoms with Crippen LogP contribution in [0.5, 0.6) is 0 Å². The van der Waals surface area contributed by atoms with Gasteiger partial charge < -0.3 is 4.74 Å². The number of esters is 1. The van der Waals surface area contributed by atoms with Gasteiger partial charge in [-0.3, -0.25) is 0 Å². The molecule has 0 radical (unpaired) electrons. The van der Waals surface area contributed by atoms with Crippen molar-refractivity contribution >= 4 is 11.5 Å². The predicted molar refractivity (Wildman–Crippen MR) is 63.8 cm³/mol. The van der Waals surface area contributed by atoms with Crippen molar-refractivity contribution in [3.8, 4) is 0 Å². The Kier molecular flexibility index (Phi) is 3.40. The monoisotopic (exact) mass is 216 g/mol. The highest BCUT2D eigenvalue weighted by Gasteiger charge is 2.22. The molecule has 0 bridgehead atoms. The normalized spacial score (nSPS) is 14.2. The fourth-order valence-electron chi connectivity index (χ4n) is 1.88. The molecule has 16 heavy (non-hydrogen) atoms. The molecule has 0 aliphatic heterocycles. The van der Waals surface area contributed by atoms with Gasteiger partial charge in [-0.05, 0) is 31.7 Å². The zero-order chi connectivity index (χ0) is 11.4. The third-order valence-corrected chi connectivity index (χ3v) is 2.85. The van der Waals surface area contributed by atoms with Gasteiger partial charge in [0.05, 0.1) is 12.2 Å². The highest BCUT2D eigenvalue weighted by atomic mass is 16.5. The minimum atomic E-state index is -0.177. The molecule has 1 aromatic rings. The SMILES string of the molecule is CCOC(=O)C(=C1CCC1)c1ccccc1. The van der Waals surface area contributed by atoms with E-state index in [1.54, 1.807) is 0 Å². The Morgan fingerprint density at radius 2 is 1.94 bits per heavy atom. The molecule has 0 atom stereocenters. The Hall–Kier alpha value is -1.57. The summed E-state index contributed by atoms with van der Waals surface area (Å²) in [5, 5.41) is 0. The van der Waals surface area contributed by atoms with Crippen molar-refractivity contribution in [2.24, 2.45) is 0 Å². The maximum atomic E-state index is 11.9. The minimum Gasteiger partial charge on any atom is -0.462 e. The van der Waals surface area contributed by atoms with E-state index in [0.29, 0.717) is 6.61 Å². The molecule has 0 N–H and O–H groups in total. The number of rotatable bonds is 3. The number of hydrogen-bond acceptors (Lipinski definition) is 2. The average Bonchev–Trinajstić information content (AvgIpc) is 2.24. The number of allylic oxidation sites excluding steroid dienone is 1. The summed E-state index contributed by atoms with van der Waals surface area (Å²) < 4.78 is 5.12. The van der Waals surface area contributed by atoms with Crippen molar-refractivity contribution in [3.05, 3.63) is 41.5 Å².